The van der Waals surface area contributed by atoms with E-state index in [4.69, 9.17) is 0 Å². The van der Waals surface area contributed by atoms with Crippen LogP contribution in [0.25, 0.3) is 0 Å². The second kappa shape index (κ2) is 6.53. The van der Waals surface area contributed by atoms with E-state index in [-0.39, 0.29) is 11.7 Å². The number of nitrogens with one attached hydrogen (secondary N) is 1. The SMILES string of the molecule is CN(C)Cc1cc(C=NN=C2NC(=O)CS2)ccc1O. The number of carbonyl (C=O) groups is 1. The van der Waals surface area contributed by atoms with Crippen molar-refractivity contribution in [3.8, 4) is 5.75 Å². The van der Waals surface area contributed by atoms with Crippen LogP contribution in [0.4, 0.5) is 0 Å². The minimum Gasteiger partial charge on any atom is -0.508 e. The van der Waals surface area contributed by atoms with Gasteiger partial charge >= 0.3 is 0 Å². The number of hydrogen-bond donors (Lipinski definition) is 2. The summed E-state index contributed by atoms with van der Waals surface area (Å²) in [6.45, 7) is 0.647. The molecule has 6 nitrogen and oxygen atoms in total. The van der Waals surface area contributed by atoms with Gasteiger partial charge in [-0.05, 0) is 37.9 Å². The molecule has 0 atom stereocenters. The maximum absolute atomic E-state index is 11.0. The third-order valence-corrected chi connectivity index (χ3v) is 3.40. The molecule has 1 amide bonds. The lowest BCUT2D eigenvalue weighted by Gasteiger charge is -2.11. The lowest BCUT2D eigenvalue weighted by molar-refractivity contribution is -0.116. The average Bonchev–Trinajstić information content (AvgIpc) is 2.78. The number of hydrogen-bond acceptors (Lipinski definition) is 6. The first-order valence-electron chi connectivity index (χ1n) is 6.05. The van der Waals surface area contributed by atoms with Gasteiger partial charge in [-0.25, -0.2) is 0 Å². The van der Waals surface area contributed by atoms with Gasteiger partial charge in [0.05, 0.1) is 12.0 Å². The third kappa shape index (κ3) is 4.07. The first-order chi connectivity index (χ1) is 9.54. The largest absolute Gasteiger partial charge is 0.508 e. The lowest BCUT2D eigenvalue weighted by atomic mass is 10.1. The summed E-state index contributed by atoms with van der Waals surface area (Å²) in [5, 5.41) is 20.7. The maximum atomic E-state index is 11.0. The fraction of sp³-hybridized carbons (Fsp3) is 0.308. The number of amidine groups is 1. The number of amides is 1. The number of benzene rings is 1. The molecule has 106 valence electrons. The molecular weight excluding hydrogens is 276 g/mol. The van der Waals surface area contributed by atoms with E-state index in [9.17, 15) is 9.90 Å². The van der Waals surface area contributed by atoms with Crippen LogP contribution in [-0.2, 0) is 11.3 Å². The molecule has 7 heteroatoms. The Labute approximate surface area is 121 Å². The summed E-state index contributed by atoms with van der Waals surface area (Å²) in [4.78, 5) is 12.9. The summed E-state index contributed by atoms with van der Waals surface area (Å²) < 4.78 is 0. The summed E-state index contributed by atoms with van der Waals surface area (Å²) in [6.07, 6.45) is 1.59. The molecule has 1 fully saturated rings. The second-order valence-electron chi connectivity index (χ2n) is 4.61. The predicted molar refractivity (Wildman–Crippen MR) is 81.1 cm³/mol. The minimum atomic E-state index is -0.0538. The van der Waals surface area contributed by atoms with Crippen molar-refractivity contribution in [3.05, 3.63) is 29.3 Å². The van der Waals surface area contributed by atoms with Crippen molar-refractivity contribution in [1.29, 1.82) is 0 Å². The zero-order chi connectivity index (χ0) is 14.5. The van der Waals surface area contributed by atoms with Crippen molar-refractivity contribution in [3.63, 3.8) is 0 Å². The maximum Gasteiger partial charge on any atom is 0.236 e. The van der Waals surface area contributed by atoms with E-state index in [0.29, 0.717) is 17.5 Å². The van der Waals surface area contributed by atoms with E-state index in [2.05, 4.69) is 15.5 Å². The van der Waals surface area contributed by atoms with Crippen LogP contribution in [0.2, 0.25) is 0 Å². The Morgan fingerprint density at radius 3 is 2.95 bits per heavy atom. The van der Waals surface area contributed by atoms with Crippen LogP contribution in [0, 0.1) is 0 Å². The number of carbonyl (C=O) groups excluding carboxylic acids is 1. The first kappa shape index (κ1) is 14.5. The Balaban J connectivity index is 2.07. The van der Waals surface area contributed by atoms with E-state index in [1.54, 1.807) is 18.3 Å². The molecule has 1 saturated heterocycles. The fourth-order valence-corrected chi connectivity index (χ4v) is 2.31. The van der Waals surface area contributed by atoms with Gasteiger partial charge in [-0.1, -0.05) is 11.8 Å². The highest BCUT2D eigenvalue weighted by Crippen LogP contribution is 2.19. The molecule has 1 aromatic carbocycles. The van der Waals surface area contributed by atoms with Crippen LogP contribution in [-0.4, -0.2) is 47.1 Å². The Kier molecular flexibility index (Phi) is 4.75. The van der Waals surface area contributed by atoms with Gasteiger partial charge in [0, 0.05) is 12.1 Å². The highest BCUT2D eigenvalue weighted by Gasteiger charge is 2.15. The number of rotatable bonds is 4. The second-order valence-corrected chi connectivity index (χ2v) is 5.58. The average molecular weight is 292 g/mol. The molecule has 0 radical (unpaired) electrons. The molecule has 0 aliphatic carbocycles. The van der Waals surface area contributed by atoms with Gasteiger partial charge in [0.2, 0.25) is 5.91 Å². The molecule has 0 unspecified atom stereocenters. The Bertz CT molecular complexity index is 569. The van der Waals surface area contributed by atoms with Gasteiger partial charge in [-0.2, -0.15) is 5.10 Å². The van der Waals surface area contributed by atoms with Gasteiger partial charge in [0.15, 0.2) is 5.17 Å². The lowest BCUT2D eigenvalue weighted by Crippen LogP contribution is -2.19. The highest BCUT2D eigenvalue weighted by atomic mass is 32.2. The van der Waals surface area contributed by atoms with Crippen LogP contribution in [0.1, 0.15) is 11.1 Å². The van der Waals surface area contributed by atoms with Crippen molar-refractivity contribution in [1.82, 2.24) is 10.2 Å². The fourth-order valence-electron chi connectivity index (χ4n) is 1.68. The van der Waals surface area contributed by atoms with Gasteiger partial charge in [-0.15, -0.1) is 5.10 Å². The normalized spacial score (nSPS) is 17.4. The number of nitrogens with zero attached hydrogens (tertiary/aromatic N) is 3. The molecule has 2 N–H and O–H groups in total. The van der Waals surface area contributed by atoms with Crippen molar-refractivity contribution < 1.29 is 9.90 Å². The molecule has 1 aliphatic rings. The molecule has 1 aromatic rings. The molecule has 1 aliphatic heterocycles. The molecule has 20 heavy (non-hydrogen) atoms. The van der Waals surface area contributed by atoms with E-state index < -0.39 is 0 Å². The molecule has 2 rings (SSSR count). The molecule has 1 heterocycles. The highest BCUT2D eigenvalue weighted by molar-refractivity contribution is 8.15. The summed E-state index contributed by atoms with van der Waals surface area (Å²) >= 11 is 1.33. The van der Waals surface area contributed by atoms with E-state index in [1.807, 2.05) is 25.1 Å². The van der Waals surface area contributed by atoms with Gasteiger partial charge in [0.1, 0.15) is 5.75 Å². The third-order valence-electron chi connectivity index (χ3n) is 2.53. The topological polar surface area (TPSA) is 77.3 Å². The standard InChI is InChI=1S/C13H16N4O2S/c1-17(2)7-10-5-9(3-4-11(10)18)6-14-16-13-15-12(19)8-20-13/h3-6,18H,7-8H2,1-2H3,(H,15,16,19). The van der Waals surface area contributed by atoms with E-state index in [0.717, 1.165) is 11.1 Å². The molecule has 0 aromatic heterocycles. The summed E-state index contributed by atoms with van der Waals surface area (Å²) in [6, 6.07) is 5.26. The number of thioether (sulfide) groups is 1. The monoisotopic (exact) mass is 292 g/mol. The van der Waals surface area contributed by atoms with Gasteiger partial charge in [-0.3, -0.25) is 4.79 Å². The quantitative estimate of drug-likeness (QED) is 0.641. The van der Waals surface area contributed by atoms with Crippen molar-refractivity contribution in [2.24, 2.45) is 10.2 Å². The van der Waals surface area contributed by atoms with Crippen LogP contribution < -0.4 is 5.32 Å². The van der Waals surface area contributed by atoms with Crippen LogP contribution >= 0.6 is 11.8 Å². The van der Waals surface area contributed by atoms with Crippen molar-refractivity contribution in [2.45, 2.75) is 6.54 Å². The number of phenols is 1. The Hall–Kier alpha value is -1.86. The molecule has 0 spiro atoms. The molecule has 0 bridgehead atoms. The molecular formula is C13H16N4O2S. The Morgan fingerprint density at radius 1 is 1.50 bits per heavy atom. The summed E-state index contributed by atoms with van der Waals surface area (Å²) in [7, 11) is 3.87. The summed E-state index contributed by atoms with van der Waals surface area (Å²) in [5.41, 5.74) is 1.67. The van der Waals surface area contributed by atoms with Crippen LogP contribution in [0.5, 0.6) is 5.75 Å². The van der Waals surface area contributed by atoms with Crippen LogP contribution in [0.15, 0.2) is 28.4 Å². The minimum absolute atomic E-state index is 0.0538. The zero-order valence-electron chi connectivity index (χ0n) is 11.3. The van der Waals surface area contributed by atoms with Gasteiger partial charge < -0.3 is 15.3 Å². The smallest absolute Gasteiger partial charge is 0.236 e. The van der Waals surface area contributed by atoms with Crippen molar-refractivity contribution >= 4 is 29.1 Å². The van der Waals surface area contributed by atoms with Gasteiger partial charge in [0.25, 0.3) is 0 Å². The van der Waals surface area contributed by atoms with E-state index >= 15 is 0 Å². The van der Waals surface area contributed by atoms with Crippen LogP contribution in [0.3, 0.4) is 0 Å². The summed E-state index contributed by atoms with van der Waals surface area (Å²) in [5.74, 6) is 0.600. The molecule has 0 saturated carbocycles. The number of aromatic hydroxyl groups is 1. The number of phenolic OH excluding ortho intramolecular Hbond substituents is 1. The Morgan fingerprint density at radius 2 is 2.30 bits per heavy atom. The first-order valence-corrected chi connectivity index (χ1v) is 7.03. The predicted octanol–water partition coefficient (Wildman–Crippen LogP) is 1.01. The van der Waals surface area contributed by atoms with Crippen molar-refractivity contribution in [2.75, 3.05) is 19.8 Å². The zero-order valence-corrected chi connectivity index (χ0v) is 12.1. The van der Waals surface area contributed by atoms with E-state index in [1.165, 1.54) is 11.8 Å².